The van der Waals surface area contributed by atoms with Gasteiger partial charge in [0, 0.05) is 0 Å². The first kappa shape index (κ1) is 17.1. The molecular formula is C22H22O2Si. The van der Waals surface area contributed by atoms with Crippen LogP contribution in [0.3, 0.4) is 0 Å². The number of rotatable bonds is 7. The van der Waals surface area contributed by atoms with Gasteiger partial charge < -0.3 is 9.16 Å². The Bertz CT molecular complexity index is 747. The second-order valence-electron chi connectivity index (χ2n) is 5.95. The molecule has 3 rings (SSSR count). The van der Waals surface area contributed by atoms with E-state index in [0.29, 0.717) is 6.61 Å². The molecule has 126 valence electrons. The Kier molecular flexibility index (Phi) is 5.70. The third-order valence-electron chi connectivity index (χ3n) is 4.20. The third kappa shape index (κ3) is 4.40. The van der Waals surface area contributed by atoms with Gasteiger partial charge in [0.25, 0.3) is 0 Å². The van der Waals surface area contributed by atoms with Crippen molar-refractivity contribution in [2.45, 2.75) is 13.2 Å². The van der Waals surface area contributed by atoms with Crippen LogP contribution in [0, 0.1) is 0 Å². The summed E-state index contributed by atoms with van der Waals surface area (Å²) in [6.45, 7) is 2.74. The van der Waals surface area contributed by atoms with E-state index in [1.54, 1.807) is 12.5 Å². The zero-order valence-electron chi connectivity index (χ0n) is 14.3. The maximum absolute atomic E-state index is 6.27. The highest BCUT2D eigenvalue weighted by Crippen LogP contribution is 2.09. The maximum atomic E-state index is 6.27. The number of hydrogen-bond donors (Lipinski definition) is 0. The van der Waals surface area contributed by atoms with Gasteiger partial charge in [-0.15, -0.1) is 0 Å². The van der Waals surface area contributed by atoms with Crippen molar-refractivity contribution in [3.8, 4) is 0 Å². The Hall–Kier alpha value is -2.78. The van der Waals surface area contributed by atoms with E-state index in [1.807, 2.05) is 42.5 Å². The lowest BCUT2D eigenvalue weighted by molar-refractivity contribution is 0.227. The minimum atomic E-state index is -2.30. The van der Waals surface area contributed by atoms with Gasteiger partial charge in [0.2, 0.25) is 0 Å². The first-order valence-electron chi connectivity index (χ1n) is 8.38. The second kappa shape index (κ2) is 8.35. The van der Waals surface area contributed by atoms with Crippen LogP contribution in [0.4, 0.5) is 0 Å². The summed E-state index contributed by atoms with van der Waals surface area (Å²) in [5, 5.41) is 2.46. The van der Waals surface area contributed by atoms with E-state index in [0.717, 1.165) is 5.56 Å². The summed E-state index contributed by atoms with van der Waals surface area (Å²) in [4.78, 5) is 0. The minimum absolute atomic E-state index is 0.537. The highest BCUT2D eigenvalue weighted by atomic mass is 28.4. The highest BCUT2D eigenvalue weighted by Gasteiger charge is 2.34. The lowest BCUT2D eigenvalue weighted by Crippen LogP contribution is -2.57. The number of ether oxygens (including phenoxy) is 1. The van der Waals surface area contributed by atoms with Crippen LogP contribution in [0.15, 0.2) is 104 Å². The van der Waals surface area contributed by atoms with E-state index >= 15 is 0 Å². The highest BCUT2D eigenvalue weighted by molar-refractivity contribution is 6.96. The topological polar surface area (TPSA) is 18.5 Å². The molecular weight excluding hydrogens is 324 g/mol. The molecule has 0 amide bonds. The number of hydrogen-bond acceptors (Lipinski definition) is 2. The fraction of sp³-hybridized carbons (Fsp3) is 0.0909. The van der Waals surface area contributed by atoms with Gasteiger partial charge in [-0.2, -0.15) is 0 Å². The summed E-state index contributed by atoms with van der Waals surface area (Å²) >= 11 is 0. The molecule has 0 aliphatic heterocycles. The van der Waals surface area contributed by atoms with E-state index in [4.69, 9.17) is 9.16 Å². The molecule has 3 heteroatoms. The van der Waals surface area contributed by atoms with Crippen molar-refractivity contribution in [1.29, 1.82) is 0 Å². The van der Waals surface area contributed by atoms with Gasteiger partial charge >= 0.3 is 8.32 Å². The van der Waals surface area contributed by atoms with Gasteiger partial charge in [0.15, 0.2) is 0 Å². The molecule has 3 aromatic rings. The molecule has 2 nitrogen and oxygen atoms in total. The first-order valence-corrected chi connectivity index (χ1v) is 10.8. The van der Waals surface area contributed by atoms with Crippen LogP contribution in [-0.2, 0) is 15.8 Å². The van der Waals surface area contributed by atoms with Crippen LogP contribution < -0.4 is 10.4 Å². The fourth-order valence-corrected chi connectivity index (χ4v) is 5.33. The van der Waals surface area contributed by atoms with Crippen molar-refractivity contribution in [3.05, 3.63) is 109 Å². The average molecular weight is 347 g/mol. The van der Waals surface area contributed by atoms with Gasteiger partial charge in [0.05, 0.1) is 0 Å². The average Bonchev–Trinajstić information content (AvgIpc) is 2.70. The smallest absolute Gasteiger partial charge is 0.311 e. The third-order valence-corrected chi connectivity index (χ3v) is 7.68. The summed E-state index contributed by atoms with van der Waals surface area (Å²) < 4.78 is 11.9. The maximum Gasteiger partial charge on any atom is 0.311 e. The standard InChI is InChI=1S/C22H22O2Si/c1-25(21-13-7-3-8-14-21,22-15-9-4-10-16-22)24-18-17-23-19-20-11-5-2-6-12-20/h2-18H,19H2,1H3/b18-17-. The Morgan fingerprint density at radius 1 is 0.680 bits per heavy atom. The fourth-order valence-electron chi connectivity index (χ4n) is 2.74. The monoisotopic (exact) mass is 346 g/mol. The molecule has 0 aliphatic rings. The Labute approximate surface area is 150 Å². The van der Waals surface area contributed by atoms with E-state index in [1.165, 1.54) is 10.4 Å². The molecule has 0 radical (unpaired) electrons. The van der Waals surface area contributed by atoms with E-state index in [9.17, 15) is 0 Å². The molecule has 0 aromatic heterocycles. The molecule has 0 saturated carbocycles. The summed E-state index contributed by atoms with van der Waals surface area (Å²) in [5.74, 6) is 0. The number of benzene rings is 3. The van der Waals surface area contributed by atoms with Crippen molar-refractivity contribution in [2.24, 2.45) is 0 Å². The molecule has 0 heterocycles. The van der Waals surface area contributed by atoms with Crippen LogP contribution in [-0.4, -0.2) is 8.32 Å². The Morgan fingerprint density at radius 2 is 1.16 bits per heavy atom. The SMILES string of the molecule is C[Si](O/C=C\OCc1ccccc1)(c1ccccc1)c1ccccc1. The quantitative estimate of drug-likeness (QED) is 0.474. The Balaban J connectivity index is 1.71. The molecule has 25 heavy (non-hydrogen) atoms. The second-order valence-corrected chi connectivity index (χ2v) is 9.41. The van der Waals surface area contributed by atoms with E-state index < -0.39 is 8.32 Å². The summed E-state index contributed by atoms with van der Waals surface area (Å²) in [5.41, 5.74) is 1.14. The van der Waals surface area contributed by atoms with Gasteiger partial charge in [-0.05, 0) is 22.5 Å². The van der Waals surface area contributed by atoms with Crippen molar-refractivity contribution in [2.75, 3.05) is 0 Å². The molecule has 3 aromatic carbocycles. The molecule has 0 saturated heterocycles. The first-order chi connectivity index (χ1) is 12.3. The summed E-state index contributed by atoms with van der Waals surface area (Å²) in [6.07, 6.45) is 3.33. The van der Waals surface area contributed by atoms with E-state index in [2.05, 4.69) is 55.1 Å². The molecule has 0 bridgehead atoms. The van der Waals surface area contributed by atoms with Crippen molar-refractivity contribution in [1.82, 2.24) is 0 Å². The lowest BCUT2D eigenvalue weighted by atomic mass is 10.2. The van der Waals surface area contributed by atoms with Crippen LogP contribution >= 0.6 is 0 Å². The molecule has 0 fully saturated rings. The molecule has 0 aliphatic carbocycles. The van der Waals surface area contributed by atoms with Gasteiger partial charge in [-0.3, -0.25) is 0 Å². The predicted octanol–water partition coefficient (Wildman–Crippen LogP) is 4.08. The molecule has 0 atom stereocenters. The minimum Gasteiger partial charge on any atom is -0.538 e. The largest absolute Gasteiger partial charge is 0.538 e. The molecule has 0 unspecified atom stereocenters. The van der Waals surface area contributed by atoms with Crippen molar-refractivity contribution >= 4 is 18.7 Å². The van der Waals surface area contributed by atoms with Gasteiger partial charge in [-0.1, -0.05) is 91.0 Å². The Morgan fingerprint density at radius 3 is 1.68 bits per heavy atom. The van der Waals surface area contributed by atoms with Crippen molar-refractivity contribution in [3.63, 3.8) is 0 Å². The van der Waals surface area contributed by atoms with Crippen LogP contribution in [0.25, 0.3) is 0 Å². The molecule has 0 N–H and O–H groups in total. The normalized spacial score (nSPS) is 11.4. The van der Waals surface area contributed by atoms with E-state index in [-0.39, 0.29) is 0 Å². The zero-order valence-corrected chi connectivity index (χ0v) is 15.3. The van der Waals surface area contributed by atoms with Gasteiger partial charge in [0.1, 0.15) is 19.1 Å². The predicted molar refractivity (Wildman–Crippen MR) is 105 cm³/mol. The molecule has 0 spiro atoms. The summed E-state index contributed by atoms with van der Waals surface area (Å²) in [6, 6.07) is 30.9. The van der Waals surface area contributed by atoms with Crippen LogP contribution in [0.5, 0.6) is 0 Å². The lowest BCUT2D eigenvalue weighted by Gasteiger charge is -2.27. The van der Waals surface area contributed by atoms with Crippen LogP contribution in [0.2, 0.25) is 6.55 Å². The van der Waals surface area contributed by atoms with Crippen molar-refractivity contribution < 1.29 is 9.16 Å². The van der Waals surface area contributed by atoms with Crippen LogP contribution in [0.1, 0.15) is 5.56 Å². The van der Waals surface area contributed by atoms with Gasteiger partial charge in [-0.25, -0.2) is 0 Å². The zero-order chi connectivity index (χ0) is 17.4. The summed E-state index contributed by atoms with van der Waals surface area (Å²) in [7, 11) is -2.30.